The van der Waals surface area contributed by atoms with Crippen LogP contribution in [0.4, 0.5) is 11.4 Å². The van der Waals surface area contributed by atoms with Gasteiger partial charge in [0.05, 0.1) is 36.9 Å². The maximum Gasteiger partial charge on any atom is 0.245 e. The van der Waals surface area contributed by atoms with Gasteiger partial charge in [-0.1, -0.05) is 29.3 Å². The Hall–Kier alpha value is -2.16. The highest BCUT2D eigenvalue weighted by molar-refractivity contribution is 7.92. The van der Waals surface area contributed by atoms with Crippen LogP contribution in [-0.4, -0.2) is 41.3 Å². The summed E-state index contributed by atoms with van der Waals surface area (Å²) >= 11 is 12.2. The lowest BCUT2D eigenvalue weighted by molar-refractivity contribution is -0.114. The van der Waals surface area contributed by atoms with Crippen molar-refractivity contribution in [3.8, 4) is 11.5 Å². The highest BCUT2D eigenvalue weighted by atomic mass is 35.5. The second-order valence-electron chi connectivity index (χ2n) is 5.89. The quantitative estimate of drug-likeness (QED) is 0.700. The number of hydrogen-bond donors (Lipinski definition) is 1. The van der Waals surface area contributed by atoms with Gasteiger partial charge >= 0.3 is 0 Å². The van der Waals surface area contributed by atoms with Gasteiger partial charge in [-0.3, -0.25) is 9.10 Å². The molecule has 0 heterocycles. The van der Waals surface area contributed by atoms with Crippen LogP contribution in [0.2, 0.25) is 10.0 Å². The van der Waals surface area contributed by atoms with Crippen molar-refractivity contribution in [3.05, 3.63) is 45.9 Å². The maximum atomic E-state index is 12.6. The lowest BCUT2D eigenvalue weighted by atomic mass is 10.2. The van der Waals surface area contributed by atoms with Crippen molar-refractivity contribution in [2.24, 2.45) is 0 Å². The van der Waals surface area contributed by atoms with Crippen molar-refractivity contribution >= 4 is 50.5 Å². The molecule has 0 unspecified atom stereocenters. The number of benzene rings is 2. The Bertz CT molecular complexity index is 996. The molecule has 0 fully saturated rings. The van der Waals surface area contributed by atoms with Gasteiger partial charge in [-0.25, -0.2) is 8.42 Å². The van der Waals surface area contributed by atoms with Gasteiger partial charge in [-0.15, -0.1) is 0 Å². The van der Waals surface area contributed by atoms with Crippen LogP contribution >= 0.6 is 23.2 Å². The molecule has 2 aromatic carbocycles. The van der Waals surface area contributed by atoms with Crippen LogP contribution < -0.4 is 19.1 Å². The van der Waals surface area contributed by atoms with E-state index in [2.05, 4.69) is 5.32 Å². The van der Waals surface area contributed by atoms with E-state index in [1.165, 1.54) is 26.4 Å². The molecule has 0 radical (unpaired) electrons. The molecular weight excluding hydrogens is 427 g/mol. The van der Waals surface area contributed by atoms with Gasteiger partial charge in [-0.05, 0) is 24.6 Å². The first-order valence-corrected chi connectivity index (χ1v) is 10.6. The zero-order valence-corrected chi connectivity index (χ0v) is 18.1. The normalized spacial score (nSPS) is 11.1. The zero-order chi connectivity index (χ0) is 21.1. The Labute approximate surface area is 174 Å². The average molecular weight is 447 g/mol. The van der Waals surface area contributed by atoms with Crippen molar-refractivity contribution < 1.29 is 22.7 Å². The number of nitrogens with one attached hydrogen (secondary N) is 1. The molecule has 0 aromatic heterocycles. The first kappa shape index (κ1) is 22.1. The van der Waals surface area contributed by atoms with Gasteiger partial charge in [0.2, 0.25) is 15.9 Å². The van der Waals surface area contributed by atoms with E-state index >= 15 is 0 Å². The predicted octanol–water partition coefficient (Wildman–Crippen LogP) is 3.72. The smallest absolute Gasteiger partial charge is 0.245 e. The number of carbonyl (C=O) groups is 1. The number of hydrogen-bond acceptors (Lipinski definition) is 5. The Morgan fingerprint density at radius 3 is 2.32 bits per heavy atom. The third kappa shape index (κ3) is 5.01. The van der Waals surface area contributed by atoms with Crippen LogP contribution in [-0.2, 0) is 14.8 Å². The summed E-state index contributed by atoms with van der Waals surface area (Å²) in [6.07, 6.45) is 1.02. The third-order valence-electron chi connectivity index (χ3n) is 3.94. The molecule has 0 aliphatic rings. The average Bonchev–Trinajstić information content (AvgIpc) is 2.62. The fraction of sp³-hybridized carbons (Fsp3) is 0.278. The van der Waals surface area contributed by atoms with E-state index in [4.69, 9.17) is 32.7 Å². The summed E-state index contributed by atoms with van der Waals surface area (Å²) in [5.41, 5.74) is 1.17. The SMILES string of the molecule is COc1cc(NC(=O)CN(c2cccc(Cl)c2C)S(C)(=O)=O)c(OC)cc1Cl. The van der Waals surface area contributed by atoms with Crippen molar-refractivity contribution in [1.82, 2.24) is 0 Å². The van der Waals surface area contributed by atoms with Crippen LogP contribution in [0.3, 0.4) is 0 Å². The van der Waals surface area contributed by atoms with E-state index in [-0.39, 0.29) is 0 Å². The molecule has 152 valence electrons. The minimum atomic E-state index is -3.74. The van der Waals surface area contributed by atoms with Crippen molar-refractivity contribution in [2.45, 2.75) is 6.92 Å². The number of halogens is 2. The second kappa shape index (κ2) is 8.89. The third-order valence-corrected chi connectivity index (χ3v) is 5.77. The number of anilines is 2. The zero-order valence-electron chi connectivity index (χ0n) is 15.7. The Morgan fingerprint density at radius 2 is 1.75 bits per heavy atom. The lowest BCUT2D eigenvalue weighted by Gasteiger charge is -2.24. The number of methoxy groups -OCH3 is 2. The van der Waals surface area contributed by atoms with E-state index in [0.717, 1.165) is 10.6 Å². The maximum absolute atomic E-state index is 12.6. The number of sulfonamides is 1. The predicted molar refractivity (Wildman–Crippen MR) is 112 cm³/mol. The first-order chi connectivity index (χ1) is 13.1. The second-order valence-corrected chi connectivity index (χ2v) is 8.61. The first-order valence-electron chi connectivity index (χ1n) is 8.02. The van der Waals surface area contributed by atoms with Gasteiger partial charge in [0.15, 0.2) is 0 Å². The number of nitrogens with zero attached hydrogens (tertiary/aromatic N) is 1. The largest absolute Gasteiger partial charge is 0.495 e. The van der Waals surface area contributed by atoms with Crippen LogP contribution in [0.1, 0.15) is 5.56 Å². The monoisotopic (exact) mass is 446 g/mol. The molecule has 2 aromatic rings. The van der Waals surface area contributed by atoms with Gasteiger partial charge in [0.1, 0.15) is 18.0 Å². The summed E-state index contributed by atoms with van der Waals surface area (Å²) in [6, 6.07) is 7.83. The molecule has 0 bridgehead atoms. The van der Waals surface area contributed by atoms with Crippen LogP contribution in [0.5, 0.6) is 11.5 Å². The van der Waals surface area contributed by atoms with Crippen molar-refractivity contribution in [2.75, 3.05) is 36.6 Å². The number of ether oxygens (including phenoxy) is 2. The molecular formula is C18H20Cl2N2O5S. The molecule has 10 heteroatoms. The minimum absolute atomic E-state index is 0.296. The van der Waals surface area contributed by atoms with E-state index in [1.54, 1.807) is 25.1 Å². The number of rotatable bonds is 7. The Balaban J connectivity index is 2.35. The van der Waals surface area contributed by atoms with Gasteiger partial charge < -0.3 is 14.8 Å². The molecule has 0 saturated heterocycles. The highest BCUT2D eigenvalue weighted by Gasteiger charge is 2.24. The summed E-state index contributed by atoms with van der Waals surface area (Å²) in [4.78, 5) is 12.6. The molecule has 0 aliphatic heterocycles. The minimum Gasteiger partial charge on any atom is -0.495 e. The Kier molecular flexibility index (Phi) is 7.03. The van der Waals surface area contributed by atoms with Crippen molar-refractivity contribution in [3.63, 3.8) is 0 Å². The van der Waals surface area contributed by atoms with Crippen LogP contribution in [0, 0.1) is 6.92 Å². The fourth-order valence-electron chi connectivity index (χ4n) is 2.53. The van der Waals surface area contributed by atoms with Gasteiger partial charge in [0.25, 0.3) is 0 Å². The number of carbonyl (C=O) groups excluding carboxylic acids is 1. The highest BCUT2D eigenvalue weighted by Crippen LogP contribution is 2.36. The number of amides is 1. The summed E-state index contributed by atoms with van der Waals surface area (Å²) in [7, 11) is -0.883. The standard InChI is InChI=1S/C18H20Cl2N2O5S/c1-11-12(19)6-5-7-15(11)22(28(4,24)25)10-18(23)21-14-9-16(26-2)13(20)8-17(14)27-3/h5-9H,10H2,1-4H3,(H,21,23). The van der Waals surface area contributed by atoms with Crippen LogP contribution in [0.15, 0.2) is 30.3 Å². The summed E-state index contributed by atoms with van der Waals surface area (Å²) in [5, 5.41) is 3.34. The molecule has 1 N–H and O–H groups in total. The summed E-state index contributed by atoms with van der Waals surface area (Å²) in [6.45, 7) is 1.23. The van der Waals surface area contributed by atoms with Crippen molar-refractivity contribution in [1.29, 1.82) is 0 Å². The molecule has 2 rings (SSSR count). The molecule has 1 amide bonds. The fourth-order valence-corrected chi connectivity index (χ4v) is 3.83. The lowest BCUT2D eigenvalue weighted by Crippen LogP contribution is -2.38. The molecule has 0 aliphatic carbocycles. The molecule has 28 heavy (non-hydrogen) atoms. The van der Waals surface area contributed by atoms with Gasteiger partial charge in [0, 0.05) is 17.2 Å². The van der Waals surface area contributed by atoms with E-state index in [0.29, 0.717) is 38.5 Å². The summed E-state index contributed by atoms with van der Waals surface area (Å²) in [5.74, 6) is 0.0693. The summed E-state index contributed by atoms with van der Waals surface area (Å²) < 4.78 is 35.9. The van der Waals surface area contributed by atoms with E-state index in [9.17, 15) is 13.2 Å². The van der Waals surface area contributed by atoms with Gasteiger partial charge in [-0.2, -0.15) is 0 Å². The molecule has 0 saturated carbocycles. The molecule has 0 spiro atoms. The van der Waals surface area contributed by atoms with Crippen LogP contribution in [0.25, 0.3) is 0 Å². The van der Waals surface area contributed by atoms with E-state index in [1.807, 2.05) is 0 Å². The molecule has 7 nitrogen and oxygen atoms in total. The topological polar surface area (TPSA) is 84.9 Å². The Morgan fingerprint density at radius 1 is 1.11 bits per heavy atom. The van der Waals surface area contributed by atoms with E-state index < -0.39 is 22.5 Å². The molecule has 0 atom stereocenters.